The van der Waals surface area contributed by atoms with Crippen molar-refractivity contribution in [1.82, 2.24) is 0 Å². The quantitative estimate of drug-likeness (QED) is 0.336. The first-order chi connectivity index (χ1) is 13.1. The van der Waals surface area contributed by atoms with Crippen molar-refractivity contribution in [2.45, 2.75) is 65.2 Å². The van der Waals surface area contributed by atoms with Gasteiger partial charge in [-0.05, 0) is 12.5 Å². The first-order valence-electron chi connectivity index (χ1n) is 10.0. The predicted molar refractivity (Wildman–Crippen MR) is 108 cm³/mol. The van der Waals surface area contributed by atoms with E-state index in [0.717, 1.165) is 17.7 Å². The fourth-order valence-corrected chi connectivity index (χ4v) is 3.39. The average Bonchev–Trinajstić information content (AvgIpc) is 2.95. The lowest BCUT2D eigenvalue weighted by molar-refractivity contribution is -0.122. The molecule has 1 aromatic carbocycles. The Hall–Kier alpha value is -2.14. The van der Waals surface area contributed by atoms with Gasteiger partial charge in [0.05, 0.1) is 11.3 Å². The summed E-state index contributed by atoms with van der Waals surface area (Å²) < 4.78 is 5.55. The number of ether oxygens (including phenoxy) is 1. The number of fused-ring (bicyclic) bond motifs is 1. The summed E-state index contributed by atoms with van der Waals surface area (Å²) >= 11 is 0. The molecule has 0 bridgehead atoms. The van der Waals surface area contributed by atoms with E-state index in [2.05, 4.69) is 6.92 Å². The second kappa shape index (κ2) is 10.9. The van der Waals surface area contributed by atoms with Crippen LogP contribution in [0.25, 0.3) is 5.57 Å². The molecular weight excluding hydrogens is 342 g/mol. The number of imide groups is 1. The number of para-hydroxylation sites is 1. The third-order valence-corrected chi connectivity index (χ3v) is 4.82. The molecular formula is C22H31NO4. The molecule has 1 aliphatic heterocycles. The van der Waals surface area contributed by atoms with Crippen LogP contribution in [0, 0.1) is 0 Å². The highest BCUT2D eigenvalue weighted by Gasteiger charge is 2.37. The van der Waals surface area contributed by atoms with Gasteiger partial charge in [0.2, 0.25) is 5.91 Å². The van der Waals surface area contributed by atoms with Gasteiger partial charge in [-0.2, -0.15) is 0 Å². The standard InChI is InChI=1S/C22H31NO4/c1-3-4-5-6-7-8-9-12-15-27-16-20(25)21-18-13-10-11-14-19(18)23(17(2)24)22(21)26/h10-11,13-14,25H,3-9,12,15-16H2,1-2H3. The molecule has 0 saturated heterocycles. The van der Waals surface area contributed by atoms with Gasteiger partial charge in [-0.1, -0.05) is 70.1 Å². The van der Waals surface area contributed by atoms with E-state index in [9.17, 15) is 14.7 Å². The molecule has 0 unspecified atom stereocenters. The topological polar surface area (TPSA) is 66.8 Å². The average molecular weight is 373 g/mol. The minimum atomic E-state index is -0.489. The molecule has 148 valence electrons. The number of rotatable bonds is 11. The van der Waals surface area contributed by atoms with E-state index < -0.39 is 5.91 Å². The number of nitrogens with zero attached hydrogens (tertiary/aromatic N) is 1. The van der Waals surface area contributed by atoms with Gasteiger partial charge in [0.25, 0.3) is 5.91 Å². The van der Waals surface area contributed by atoms with E-state index in [4.69, 9.17) is 4.74 Å². The maximum atomic E-state index is 12.6. The molecule has 1 heterocycles. The van der Waals surface area contributed by atoms with Gasteiger partial charge in [-0.15, -0.1) is 0 Å². The number of benzene rings is 1. The zero-order chi connectivity index (χ0) is 19.6. The summed E-state index contributed by atoms with van der Waals surface area (Å²) in [7, 11) is 0. The van der Waals surface area contributed by atoms with E-state index in [1.807, 2.05) is 0 Å². The molecule has 1 aromatic rings. The van der Waals surface area contributed by atoms with Crippen molar-refractivity contribution in [1.29, 1.82) is 0 Å². The Kier molecular flexibility index (Phi) is 8.52. The van der Waals surface area contributed by atoms with Crippen LogP contribution < -0.4 is 4.90 Å². The summed E-state index contributed by atoms with van der Waals surface area (Å²) in [5.74, 6) is -0.970. The summed E-state index contributed by atoms with van der Waals surface area (Å²) in [5.41, 5.74) is 1.25. The zero-order valence-corrected chi connectivity index (χ0v) is 16.5. The van der Waals surface area contributed by atoms with Crippen molar-refractivity contribution in [2.24, 2.45) is 0 Å². The van der Waals surface area contributed by atoms with Gasteiger partial charge in [-0.3, -0.25) is 9.59 Å². The Balaban J connectivity index is 1.81. The van der Waals surface area contributed by atoms with E-state index in [1.165, 1.54) is 45.4 Å². The highest BCUT2D eigenvalue weighted by Crippen LogP contribution is 2.37. The maximum absolute atomic E-state index is 12.6. The monoisotopic (exact) mass is 373 g/mol. The number of aliphatic hydroxyl groups excluding tert-OH is 1. The number of amides is 2. The number of hydrogen-bond acceptors (Lipinski definition) is 4. The van der Waals surface area contributed by atoms with Crippen LogP contribution in [0.1, 0.15) is 70.8 Å². The van der Waals surface area contributed by atoms with Crippen LogP contribution in [0.2, 0.25) is 0 Å². The molecule has 0 fully saturated rings. The first-order valence-corrected chi connectivity index (χ1v) is 10.0. The smallest absolute Gasteiger partial charge is 0.269 e. The second-order valence-electron chi connectivity index (χ2n) is 7.03. The minimum Gasteiger partial charge on any atom is -0.509 e. The maximum Gasteiger partial charge on any atom is 0.269 e. The molecule has 2 amide bonds. The second-order valence-corrected chi connectivity index (χ2v) is 7.03. The molecule has 5 heteroatoms. The van der Waals surface area contributed by atoms with Crippen LogP contribution in [-0.2, 0) is 14.3 Å². The van der Waals surface area contributed by atoms with Gasteiger partial charge >= 0.3 is 0 Å². The Bertz CT molecular complexity index is 681. The minimum absolute atomic E-state index is 0.0162. The Morgan fingerprint density at radius 2 is 1.67 bits per heavy atom. The van der Waals surface area contributed by atoms with Crippen molar-refractivity contribution in [3.8, 4) is 0 Å². The number of hydrogen-bond donors (Lipinski definition) is 1. The summed E-state index contributed by atoms with van der Waals surface area (Å²) in [6.45, 7) is 4.10. The number of unbranched alkanes of at least 4 members (excludes halogenated alkanes) is 7. The van der Waals surface area contributed by atoms with Crippen molar-refractivity contribution in [2.75, 3.05) is 18.1 Å². The molecule has 0 aromatic heterocycles. The van der Waals surface area contributed by atoms with Crippen LogP contribution in [0.4, 0.5) is 5.69 Å². The molecule has 0 aliphatic carbocycles. The van der Waals surface area contributed by atoms with E-state index in [1.54, 1.807) is 24.3 Å². The molecule has 0 atom stereocenters. The number of anilines is 1. The molecule has 1 N–H and O–H groups in total. The molecule has 0 radical (unpaired) electrons. The van der Waals surface area contributed by atoms with Crippen molar-refractivity contribution >= 4 is 23.1 Å². The first kappa shape index (κ1) is 21.2. The Morgan fingerprint density at radius 3 is 2.33 bits per heavy atom. The fourth-order valence-electron chi connectivity index (χ4n) is 3.39. The van der Waals surface area contributed by atoms with E-state index >= 15 is 0 Å². The van der Waals surface area contributed by atoms with Crippen LogP contribution in [0.5, 0.6) is 0 Å². The molecule has 0 spiro atoms. The van der Waals surface area contributed by atoms with Crippen molar-refractivity contribution in [3.05, 3.63) is 35.6 Å². The third-order valence-electron chi connectivity index (χ3n) is 4.82. The largest absolute Gasteiger partial charge is 0.509 e. The molecule has 2 rings (SSSR count). The summed E-state index contributed by atoms with van der Waals surface area (Å²) in [6, 6.07) is 6.99. The van der Waals surface area contributed by atoms with Gasteiger partial charge in [0, 0.05) is 19.1 Å². The van der Waals surface area contributed by atoms with Crippen LogP contribution >= 0.6 is 0 Å². The SMILES string of the molecule is CCCCCCCCCCOCC(O)=C1C(=O)N(C(C)=O)c2ccccc21. The predicted octanol–water partition coefficient (Wildman–Crippen LogP) is 5.01. The normalized spacial score (nSPS) is 15.2. The summed E-state index contributed by atoms with van der Waals surface area (Å²) in [5, 5.41) is 10.4. The summed E-state index contributed by atoms with van der Waals surface area (Å²) in [4.78, 5) is 25.5. The lowest BCUT2D eigenvalue weighted by atomic mass is 10.1. The number of aliphatic hydroxyl groups is 1. The van der Waals surface area contributed by atoms with Gasteiger partial charge < -0.3 is 9.84 Å². The van der Waals surface area contributed by atoms with Crippen molar-refractivity contribution < 1.29 is 19.4 Å². The van der Waals surface area contributed by atoms with Crippen molar-refractivity contribution in [3.63, 3.8) is 0 Å². The molecule has 1 aliphatic rings. The number of carbonyl (C=O) groups excluding carboxylic acids is 2. The highest BCUT2D eigenvalue weighted by molar-refractivity contribution is 6.39. The third kappa shape index (κ3) is 5.67. The zero-order valence-electron chi connectivity index (χ0n) is 16.5. The lowest BCUT2D eigenvalue weighted by Crippen LogP contribution is -2.31. The highest BCUT2D eigenvalue weighted by atomic mass is 16.5. The number of carbonyl (C=O) groups is 2. The van der Waals surface area contributed by atoms with Crippen LogP contribution in [0.15, 0.2) is 30.0 Å². The van der Waals surface area contributed by atoms with E-state index in [0.29, 0.717) is 17.9 Å². The molecule has 27 heavy (non-hydrogen) atoms. The fraction of sp³-hybridized carbons (Fsp3) is 0.545. The van der Waals surface area contributed by atoms with Gasteiger partial charge in [0.15, 0.2) is 0 Å². The Morgan fingerprint density at radius 1 is 1.04 bits per heavy atom. The van der Waals surface area contributed by atoms with Gasteiger partial charge in [-0.25, -0.2) is 4.90 Å². The van der Waals surface area contributed by atoms with E-state index in [-0.39, 0.29) is 23.8 Å². The lowest BCUT2D eigenvalue weighted by Gasteiger charge is -2.11. The van der Waals surface area contributed by atoms with Crippen LogP contribution in [0.3, 0.4) is 0 Å². The Labute approximate surface area is 162 Å². The van der Waals surface area contributed by atoms with Gasteiger partial charge in [0.1, 0.15) is 12.4 Å². The summed E-state index contributed by atoms with van der Waals surface area (Å²) in [6.07, 6.45) is 9.74. The molecule has 5 nitrogen and oxygen atoms in total. The van der Waals surface area contributed by atoms with Crippen LogP contribution in [-0.4, -0.2) is 30.1 Å². The molecule has 0 saturated carbocycles.